The van der Waals surface area contributed by atoms with Crippen LogP contribution in [0.25, 0.3) is 11.0 Å². The molecule has 188 valence electrons. The van der Waals surface area contributed by atoms with Gasteiger partial charge in [-0.25, -0.2) is 13.4 Å². The lowest BCUT2D eigenvalue weighted by Gasteiger charge is -2.19. The number of para-hydroxylation sites is 2. The highest BCUT2D eigenvalue weighted by molar-refractivity contribution is 7.89. The van der Waals surface area contributed by atoms with Gasteiger partial charge in [0.15, 0.2) is 0 Å². The van der Waals surface area contributed by atoms with Crippen LogP contribution in [0.2, 0.25) is 0 Å². The van der Waals surface area contributed by atoms with E-state index in [2.05, 4.69) is 33.6 Å². The van der Waals surface area contributed by atoms with Crippen molar-refractivity contribution < 1.29 is 13.2 Å². The van der Waals surface area contributed by atoms with Crippen LogP contribution in [0.5, 0.6) is 0 Å². The molecule has 0 spiro atoms. The van der Waals surface area contributed by atoms with Crippen molar-refractivity contribution in [2.24, 2.45) is 0 Å². The highest BCUT2D eigenvalue weighted by Gasteiger charge is 2.26. The van der Waals surface area contributed by atoms with E-state index in [1.165, 1.54) is 0 Å². The Labute approximate surface area is 208 Å². The van der Waals surface area contributed by atoms with Gasteiger partial charge in [0.1, 0.15) is 0 Å². The standard InChI is InChI=1S/C26H35N5O3S/c1-3-29(4-2)19-20-31-24-10-6-5-9-23(24)27-26(31)28-25(32)16-13-21-11-14-22(15-12-21)35(33,34)30-17-7-8-18-30/h5-6,9-12,14-15H,3-4,7-8,13,16-20H2,1-2H3,(H,27,28,32). The number of carbonyl (C=O) groups is 1. The molecule has 1 aliphatic heterocycles. The van der Waals surface area contributed by atoms with Gasteiger partial charge in [-0.3, -0.25) is 10.1 Å². The van der Waals surface area contributed by atoms with Crippen molar-refractivity contribution in [3.63, 3.8) is 0 Å². The highest BCUT2D eigenvalue weighted by Crippen LogP contribution is 2.22. The molecule has 2 heterocycles. The number of sulfonamides is 1. The molecule has 1 N–H and O–H groups in total. The molecule has 0 atom stereocenters. The van der Waals surface area contributed by atoms with E-state index in [0.29, 0.717) is 30.4 Å². The zero-order chi connectivity index (χ0) is 24.8. The lowest BCUT2D eigenvalue weighted by Crippen LogP contribution is -2.28. The average Bonchev–Trinajstić information content (AvgIpc) is 3.53. The first-order valence-electron chi connectivity index (χ1n) is 12.5. The van der Waals surface area contributed by atoms with Gasteiger partial charge in [-0.1, -0.05) is 38.1 Å². The molecule has 2 aromatic carbocycles. The van der Waals surface area contributed by atoms with Crippen molar-refractivity contribution in [2.75, 3.05) is 38.0 Å². The Balaban J connectivity index is 1.39. The zero-order valence-electron chi connectivity index (χ0n) is 20.6. The SMILES string of the molecule is CCN(CC)CCn1c(NC(=O)CCc2ccc(S(=O)(=O)N3CCCC3)cc2)nc2ccccc21. The Bertz CT molecular complexity index is 1240. The summed E-state index contributed by atoms with van der Waals surface area (Å²) in [7, 11) is -3.42. The van der Waals surface area contributed by atoms with Gasteiger partial charge >= 0.3 is 0 Å². The van der Waals surface area contributed by atoms with Gasteiger partial charge in [-0.2, -0.15) is 4.31 Å². The average molecular weight is 498 g/mol. The number of benzene rings is 2. The molecule has 4 rings (SSSR count). The largest absolute Gasteiger partial charge is 0.309 e. The second kappa shape index (κ2) is 11.3. The number of fused-ring (bicyclic) bond motifs is 1. The molecule has 8 nitrogen and oxygen atoms in total. The molecular weight excluding hydrogens is 462 g/mol. The summed E-state index contributed by atoms with van der Waals surface area (Å²) in [5, 5.41) is 2.99. The van der Waals surface area contributed by atoms with Crippen molar-refractivity contribution in [3.05, 3.63) is 54.1 Å². The van der Waals surface area contributed by atoms with E-state index in [-0.39, 0.29) is 12.3 Å². The third-order valence-corrected chi connectivity index (χ3v) is 8.62. The van der Waals surface area contributed by atoms with Crippen molar-refractivity contribution in [2.45, 2.75) is 51.0 Å². The van der Waals surface area contributed by atoms with Crippen LogP contribution >= 0.6 is 0 Å². The van der Waals surface area contributed by atoms with E-state index in [4.69, 9.17) is 0 Å². The van der Waals surface area contributed by atoms with E-state index >= 15 is 0 Å². The van der Waals surface area contributed by atoms with Crippen molar-refractivity contribution >= 4 is 32.9 Å². The molecule has 0 radical (unpaired) electrons. The summed E-state index contributed by atoms with van der Waals surface area (Å²) in [6, 6.07) is 14.8. The maximum Gasteiger partial charge on any atom is 0.243 e. The number of imidazole rings is 1. The highest BCUT2D eigenvalue weighted by atomic mass is 32.2. The van der Waals surface area contributed by atoms with E-state index in [1.807, 2.05) is 24.3 Å². The number of aromatic nitrogens is 2. The normalized spacial score (nSPS) is 14.7. The quantitative estimate of drug-likeness (QED) is 0.436. The van der Waals surface area contributed by atoms with Gasteiger partial charge in [0.2, 0.25) is 21.9 Å². The fourth-order valence-corrected chi connectivity index (χ4v) is 6.05. The third-order valence-electron chi connectivity index (χ3n) is 6.71. The molecule has 9 heteroatoms. The molecule has 1 fully saturated rings. The van der Waals surface area contributed by atoms with Crippen LogP contribution < -0.4 is 5.32 Å². The summed E-state index contributed by atoms with van der Waals surface area (Å²) in [6.45, 7) is 9.03. The number of hydrogen-bond acceptors (Lipinski definition) is 5. The van der Waals surface area contributed by atoms with Gasteiger partial charge in [-0.05, 0) is 62.2 Å². The lowest BCUT2D eigenvalue weighted by atomic mass is 10.1. The molecule has 35 heavy (non-hydrogen) atoms. The van der Waals surface area contributed by atoms with Crippen LogP contribution in [0.3, 0.4) is 0 Å². The summed E-state index contributed by atoms with van der Waals surface area (Å²) >= 11 is 0. The number of nitrogens with zero attached hydrogens (tertiary/aromatic N) is 4. The predicted octanol–water partition coefficient (Wildman–Crippen LogP) is 3.73. The second-order valence-corrected chi connectivity index (χ2v) is 10.8. The van der Waals surface area contributed by atoms with E-state index < -0.39 is 10.0 Å². The summed E-state index contributed by atoms with van der Waals surface area (Å²) in [4.78, 5) is 20.1. The number of hydrogen-bond donors (Lipinski definition) is 1. The number of anilines is 1. The van der Waals surface area contributed by atoms with Crippen molar-refractivity contribution in [1.29, 1.82) is 0 Å². The summed E-state index contributed by atoms with van der Waals surface area (Å²) in [5.74, 6) is 0.452. The first-order valence-corrected chi connectivity index (χ1v) is 13.9. The second-order valence-electron chi connectivity index (χ2n) is 8.91. The van der Waals surface area contributed by atoms with E-state index in [9.17, 15) is 13.2 Å². The van der Waals surface area contributed by atoms with Gasteiger partial charge < -0.3 is 9.47 Å². The topological polar surface area (TPSA) is 87.5 Å². The van der Waals surface area contributed by atoms with Gasteiger partial charge in [0.05, 0.1) is 15.9 Å². The van der Waals surface area contributed by atoms with Crippen molar-refractivity contribution in [3.8, 4) is 0 Å². The molecular formula is C26H35N5O3S. The molecule has 3 aromatic rings. The minimum absolute atomic E-state index is 0.113. The first-order chi connectivity index (χ1) is 16.9. The molecule has 0 saturated carbocycles. The minimum atomic E-state index is -3.42. The van der Waals surface area contributed by atoms with Crippen LogP contribution in [0.1, 0.15) is 38.7 Å². The fraction of sp³-hybridized carbons (Fsp3) is 0.462. The maximum atomic E-state index is 12.8. The molecule has 0 bridgehead atoms. The number of amides is 1. The smallest absolute Gasteiger partial charge is 0.243 e. The van der Waals surface area contributed by atoms with Gasteiger partial charge in [0.25, 0.3) is 0 Å². The molecule has 1 aliphatic rings. The lowest BCUT2D eigenvalue weighted by molar-refractivity contribution is -0.116. The molecule has 1 aromatic heterocycles. The molecule has 1 amide bonds. The maximum absolute atomic E-state index is 12.8. The van der Waals surface area contributed by atoms with E-state index in [1.54, 1.807) is 28.6 Å². The van der Waals surface area contributed by atoms with Crippen LogP contribution in [0.4, 0.5) is 5.95 Å². The Morgan fingerprint density at radius 1 is 1.03 bits per heavy atom. The monoisotopic (exact) mass is 497 g/mol. The predicted molar refractivity (Wildman–Crippen MR) is 139 cm³/mol. The molecule has 1 saturated heterocycles. The van der Waals surface area contributed by atoms with Crippen LogP contribution in [0.15, 0.2) is 53.4 Å². The van der Waals surface area contributed by atoms with Gasteiger partial charge in [-0.15, -0.1) is 0 Å². The fourth-order valence-electron chi connectivity index (χ4n) is 4.53. The summed E-state index contributed by atoms with van der Waals surface area (Å²) in [5.41, 5.74) is 2.79. The van der Waals surface area contributed by atoms with Crippen LogP contribution in [-0.2, 0) is 27.8 Å². The Morgan fingerprint density at radius 2 is 1.71 bits per heavy atom. The number of carbonyl (C=O) groups excluding carboxylic acids is 1. The molecule has 0 unspecified atom stereocenters. The Hall–Kier alpha value is -2.75. The zero-order valence-corrected chi connectivity index (χ0v) is 21.4. The number of rotatable bonds is 11. The first kappa shape index (κ1) is 25.3. The van der Waals surface area contributed by atoms with Crippen LogP contribution in [0, 0.1) is 0 Å². The van der Waals surface area contributed by atoms with Crippen LogP contribution in [-0.4, -0.2) is 65.8 Å². The number of nitrogens with one attached hydrogen (secondary N) is 1. The minimum Gasteiger partial charge on any atom is -0.309 e. The Kier molecular flexibility index (Phi) is 8.20. The summed E-state index contributed by atoms with van der Waals surface area (Å²) in [6.07, 6.45) is 2.64. The molecule has 0 aliphatic carbocycles. The third kappa shape index (κ3) is 5.91. The van der Waals surface area contributed by atoms with Crippen molar-refractivity contribution in [1.82, 2.24) is 18.8 Å². The number of likely N-dealkylation sites (N-methyl/N-ethyl adjacent to an activating group) is 1. The van der Waals surface area contributed by atoms with E-state index in [0.717, 1.165) is 55.6 Å². The Morgan fingerprint density at radius 3 is 2.40 bits per heavy atom. The van der Waals surface area contributed by atoms with Gasteiger partial charge in [0, 0.05) is 32.6 Å². The number of aryl methyl sites for hydroxylation is 1. The summed E-state index contributed by atoms with van der Waals surface area (Å²) < 4.78 is 29.0.